The highest BCUT2D eigenvalue weighted by atomic mass is 35.5. The van der Waals surface area contributed by atoms with Crippen LogP contribution >= 0.6 is 11.6 Å². The van der Waals surface area contributed by atoms with Crippen molar-refractivity contribution < 1.29 is 0 Å². The van der Waals surface area contributed by atoms with E-state index in [2.05, 4.69) is 26.1 Å². The third kappa shape index (κ3) is 2.86. The first kappa shape index (κ1) is 12.3. The van der Waals surface area contributed by atoms with Gasteiger partial charge in [0.1, 0.15) is 0 Å². The average molecular weight is 227 g/mol. The van der Waals surface area contributed by atoms with Gasteiger partial charge in [0.05, 0.1) is 10.7 Å². The lowest BCUT2D eigenvalue weighted by molar-refractivity contribution is 0.382. The standard InChI is InChI=1S/C12H19ClN2/c1-9(2)12(3,8-14)15-11-7-5-4-6-10(11)13/h4-7,9,15H,8,14H2,1-3H3. The maximum Gasteiger partial charge on any atom is 0.0637 e. The van der Waals surface area contributed by atoms with Gasteiger partial charge in [0.15, 0.2) is 0 Å². The van der Waals surface area contributed by atoms with Gasteiger partial charge in [-0.2, -0.15) is 0 Å². The molecular formula is C12H19ClN2. The highest BCUT2D eigenvalue weighted by Gasteiger charge is 2.26. The van der Waals surface area contributed by atoms with E-state index >= 15 is 0 Å². The fourth-order valence-electron chi connectivity index (χ4n) is 1.30. The predicted molar refractivity (Wildman–Crippen MR) is 67.4 cm³/mol. The van der Waals surface area contributed by atoms with E-state index in [1.165, 1.54) is 0 Å². The summed E-state index contributed by atoms with van der Waals surface area (Å²) in [4.78, 5) is 0. The first-order valence-electron chi connectivity index (χ1n) is 5.22. The monoisotopic (exact) mass is 226 g/mol. The van der Waals surface area contributed by atoms with Gasteiger partial charge >= 0.3 is 0 Å². The van der Waals surface area contributed by atoms with Crippen LogP contribution in [-0.4, -0.2) is 12.1 Å². The Morgan fingerprint density at radius 2 is 2.00 bits per heavy atom. The van der Waals surface area contributed by atoms with Crippen molar-refractivity contribution in [2.75, 3.05) is 11.9 Å². The molecule has 0 radical (unpaired) electrons. The molecule has 1 unspecified atom stereocenters. The summed E-state index contributed by atoms with van der Waals surface area (Å²) in [5.74, 6) is 0.443. The van der Waals surface area contributed by atoms with E-state index in [0.717, 1.165) is 10.7 Å². The average Bonchev–Trinajstić information content (AvgIpc) is 2.21. The second-order valence-corrected chi connectivity index (χ2v) is 4.79. The summed E-state index contributed by atoms with van der Waals surface area (Å²) < 4.78 is 0. The van der Waals surface area contributed by atoms with Crippen LogP contribution in [0.15, 0.2) is 24.3 Å². The first-order valence-corrected chi connectivity index (χ1v) is 5.60. The van der Waals surface area contributed by atoms with Crippen molar-refractivity contribution in [3.8, 4) is 0 Å². The number of nitrogens with two attached hydrogens (primary N) is 1. The number of anilines is 1. The number of para-hydroxylation sites is 1. The van der Waals surface area contributed by atoms with Gasteiger partial charge in [-0.1, -0.05) is 37.6 Å². The van der Waals surface area contributed by atoms with Crippen molar-refractivity contribution in [3.63, 3.8) is 0 Å². The van der Waals surface area contributed by atoms with Crippen LogP contribution in [-0.2, 0) is 0 Å². The zero-order valence-corrected chi connectivity index (χ0v) is 10.3. The molecule has 0 saturated heterocycles. The van der Waals surface area contributed by atoms with Crippen LogP contribution < -0.4 is 11.1 Å². The van der Waals surface area contributed by atoms with Crippen molar-refractivity contribution in [2.45, 2.75) is 26.3 Å². The summed E-state index contributed by atoms with van der Waals surface area (Å²) in [5, 5.41) is 4.15. The second-order valence-electron chi connectivity index (χ2n) is 4.38. The van der Waals surface area contributed by atoms with Crippen LogP contribution in [0.5, 0.6) is 0 Å². The van der Waals surface area contributed by atoms with E-state index in [0.29, 0.717) is 12.5 Å². The molecule has 1 aromatic rings. The molecule has 0 aliphatic heterocycles. The van der Waals surface area contributed by atoms with Crippen molar-refractivity contribution in [3.05, 3.63) is 29.3 Å². The summed E-state index contributed by atoms with van der Waals surface area (Å²) >= 11 is 6.09. The summed E-state index contributed by atoms with van der Waals surface area (Å²) in [6.45, 7) is 6.99. The van der Waals surface area contributed by atoms with Crippen molar-refractivity contribution in [2.24, 2.45) is 11.7 Å². The number of hydrogen-bond acceptors (Lipinski definition) is 2. The molecule has 0 aliphatic carbocycles. The van der Waals surface area contributed by atoms with Crippen LogP contribution in [0.2, 0.25) is 5.02 Å². The van der Waals surface area contributed by atoms with Gasteiger partial charge in [-0.3, -0.25) is 0 Å². The lowest BCUT2D eigenvalue weighted by Gasteiger charge is -2.35. The molecule has 1 atom stereocenters. The Labute approximate surface area is 96.8 Å². The highest BCUT2D eigenvalue weighted by Crippen LogP contribution is 2.27. The van der Waals surface area contributed by atoms with E-state index in [9.17, 15) is 0 Å². The molecule has 0 amide bonds. The molecule has 0 spiro atoms. The van der Waals surface area contributed by atoms with E-state index in [4.69, 9.17) is 17.3 Å². The quantitative estimate of drug-likeness (QED) is 0.828. The first-order chi connectivity index (χ1) is 6.99. The predicted octanol–water partition coefficient (Wildman–Crippen LogP) is 3.13. The van der Waals surface area contributed by atoms with Crippen molar-refractivity contribution >= 4 is 17.3 Å². The Morgan fingerprint density at radius 3 is 2.47 bits per heavy atom. The number of halogens is 1. The number of nitrogens with one attached hydrogen (secondary N) is 1. The van der Waals surface area contributed by atoms with Gasteiger partial charge in [-0.05, 0) is 25.0 Å². The topological polar surface area (TPSA) is 38.0 Å². The summed E-state index contributed by atoms with van der Waals surface area (Å²) in [7, 11) is 0. The molecule has 0 bridgehead atoms. The fourth-order valence-corrected chi connectivity index (χ4v) is 1.48. The maximum atomic E-state index is 6.09. The molecule has 3 heteroatoms. The van der Waals surface area contributed by atoms with E-state index in [-0.39, 0.29) is 5.54 Å². The fraction of sp³-hybridized carbons (Fsp3) is 0.500. The lowest BCUT2D eigenvalue weighted by atomic mass is 9.88. The largest absolute Gasteiger partial charge is 0.377 e. The minimum Gasteiger partial charge on any atom is -0.377 e. The smallest absolute Gasteiger partial charge is 0.0637 e. The molecule has 0 fully saturated rings. The lowest BCUT2D eigenvalue weighted by Crippen LogP contribution is -2.47. The van der Waals surface area contributed by atoms with Gasteiger partial charge in [0, 0.05) is 12.1 Å². The Morgan fingerprint density at radius 1 is 1.40 bits per heavy atom. The third-order valence-electron chi connectivity index (χ3n) is 2.99. The van der Waals surface area contributed by atoms with Gasteiger partial charge < -0.3 is 11.1 Å². The second kappa shape index (κ2) is 4.86. The van der Waals surface area contributed by atoms with Gasteiger partial charge in [-0.15, -0.1) is 0 Å². The van der Waals surface area contributed by atoms with Crippen molar-refractivity contribution in [1.29, 1.82) is 0 Å². The summed E-state index contributed by atoms with van der Waals surface area (Å²) in [5.41, 5.74) is 6.63. The highest BCUT2D eigenvalue weighted by molar-refractivity contribution is 6.33. The third-order valence-corrected chi connectivity index (χ3v) is 3.32. The van der Waals surface area contributed by atoms with Gasteiger partial charge in [0.25, 0.3) is 0 Å². The molecule has 0 aliphatic rings. The van der Waals surface area contributed by atoms with Crippen LogP contribution in [0.1, 0.15) is 20.8 Å². The summed E-state index contributed by atoms with van der Waals surface area (Å²) in [6, 6.07) is 7.73. The molecule has 0 saturated carbocycles. The van der Waals surface area contributed by atoms with Crippen LogP contribution in [0, 0.1) is 5.92 Å². The van der Waals surface area contributed by atoms with E-state index in [1.54, 1.807) is 0 Å². The van der Waals surface area contributed by atoms with Crippen LogP contribution in [0.25, 0.3) is 0 Å². The molecule has 2 nitrogen and oxygen atoms in total. The van der Waals surface area contributed by atoms with Crippen LogP contribution in [0.3, 0.4) is 0 Å². The van der Waals surface area contributed by atoms with Gasteiger partial charge in [0.2, 0.25) is 0 Å². The molecule has 0 aromatic heterocycles. The Kier molecular flexibility index (Phi) is 4.00. The number of benzene rings is 1. The molecule has 0 heterocycles. The SMILES string of the molecule is CC(C)C(C)(CN)Nc1ccccc1Cl. The minimum atomic E-state index is -0.120. The molecular weight excluding hydrogens is 208 g/mol. The Bertz CT molecular complexity index is 325. The molecule has 1 aromatic carbocycles. The Hall–Kier alpha value is -0.730. The molecule has 84 valence electrons. The summed E-state index contributed by atoms with van der Waals surface area (Å²) in [6.07, 6.45) is 0. The van der Waals surface area contributed by atoms with E-state index < -0.39 is 0 Å². The number of rotatable bonds is 4. The molecule has 15 heavy (non-hydrogen) atoms. The normalized spacial score (nSPS) is 15.1. The van der Waals surface area contributed by atoms with Gasteiger partial charge in [-0.25, -0.2) is 0 Å². The maximum absolute atomic E-state index is 6.09. The molecule has 3 N–H and O–H groups in total. The molecule has 1 rings (SSSR count). The Balaban J connectivity index is 2.89. The zero-order valence-electron chi connectivity index (χ0n) is 9.55. The van der Waals surface area contributed by atoms with Crippen LogP contribution in [0.4, 0.5) is 5.69 Å². The van der Waals surface area contributed by atoms with Crippen molar-refractivity contribution in [1.82, 2.24) is 0 Å². The van der Waals surface area contributed by atoms with E-state index in [1.807, 2.05) is 24.3 Å². The zero-order chi connectivity index (χ0) is 11.5. The minimum absolute atomic E-state index is 0.120. The number of hydrogen-bond donors (Lipinski definition) is 2.